The number of rotatable bonds is 2. The van der Waals surface area contributed by atoms with E-state index in [1.807, 2.05) is 0 Å². The Labute approximate surface area is 118 Å². The van der Waals surface area contributed by atoms with Crippen LogP contribution in [0.15, 0.2) is 24.3 Å². The van der Waals surface area contributed by atoms with Gasteiger partial charge in [-0.15, -0.1) is 23.8 Å². The van der Waals surface area contributed by atoms with Gasteiger partial charge >= 0.3 is 0 Å². The molecule has 15 heavy (non-hydrogen) atoms. The zero-order valence-corrected chi connectivity index (χ0v) is 12.4. The molecule has 0 saturated heterocycles. The Bertz CT molecular complexity index is 352. The molecule has 0 aliphatic heterocycles. The van der Waals surface area contributed by atoms with Crippen molar-refractivity contribution in [1.29, 1.82) is 0 Å². The molecule has 0 fully saturated rings. The Balaban J connectivity index is 0.00000112. The van der Waals surface area contributed by atoms with Crippen molar-refractivity contribution >= 4 is 0 Å². The van der Waals surface area contributed by atoms with Gasteiger partial charge in [0.2, 0.25) is 0 Å². The third kappa shape index (κ3) is 3.01. The van der Waals surface area contributed by atoms with E-state index in [0.717, 1.165) is 5.92 Å². The van der Waals surface area contributed by atoms with Gasteiger partial charge < -0.3 is 0 Å². The molecule has 1 aliphatic rings. The van der Waals surface area contributed by atoms with Crippen LogP contribution in [-0.4, -0.2) is 0 Å². The summed E-state index contributed by atoms with van der Waals surface area (Å²) in [5.41, 5.74) is 4.18. The van der Waals surface area contributed by atoms with Crippen LogP contribution in [0.1, 0.15) is 48.8 Å². The number of benzene rings is 1. The van der Waals surface area contributed by atoms with Crippen LogP contribution in [0.2, 0.25) is 0 Å². The van der Waals surface area contributed by atoms with E-state index in [2.05, 4.69) is 44.2 Å². The molecule has 1 unspecified atom stereocenters. The molecule has 2 rings (SSSR count). The second-order valence-corrected chi connectivity index (χ2v) is 4.16. The summed E-state index contributed by atoms with van der Waals surface area (Å²) < 4.78 is 0. The fourth-order valence-electron chi connectivity index (χ4n) is 2.21. The van der Waals surface area contributed by atoms with Crippen molar-refractivity contribution in [3.8, 4) is 0 Å². The Kier molecular flexibility index (Phi) is 5.22. The summed E-state index contributed by atoms with van der Waals surface area (Å²) in [7, 11) is 0. The summed E-state index contributed by atoms with van der Waals surface area (Å²) in [6.45, 7) is 4.43. The zero-order chi connectivity index (χ0) is 9.97. The number of fused-ring (bicyclic) bond motifs is 1. The Hall–Kier alpha value is 0.0639. The van der Waals surface area contributed by atoms with Gasteiger partial charge in [-0.2, -0.15) is 17.7 Å². The third-order valence-electron chi connectivity index (χ3n) is 2.94. The first-order valence-corrected chi connectivity index (χ1v) is 5.50. The number of aryl methyl sites for hydroxylation is 1. The van der Waals surface area contributed by atoms with Gasteiger partial charge in [0.15, 0.2) is 0 Å². The molecule has 0 bridgehead atoms. The van der Waals surface area contributed by atoms with Crippen LogP contribution in [0.25, 0.3) is 0 Å². The van der Waals surface area contributed by atoms with Crippen LogP contribution >= 0.6 is 0 Å². The quantitative estimate of drug-likeness (QED) is 0.715. The molecular weight excluding hydrogens is 257 g/mol. The maximum atomic E-state index is 3.35. The van der Waals surface area contributed by atoms with Crippen LogP contribution in [0.5, 0.6) is 0 Å². The fourth-order valence-corrected chi connectivity index (χ4v) is 2.21. The molecule has 0 amide bonds. The minimum Gasteiger partial charge on any atom is -0.189 e. The predicted octanol–water partition coefficient (Wildman–Crippen LogP) is 3.99. The normalized spacial score (nSPS) is 18.1. The van der Waals surface area contributed by atoms with Crippen LogP contribution in [0, 0.1) is 13.0 Å². The summed E-state index contributed by atoms with van der Waals surface area (Å²) in [5, 5.41) is 0. The van der Waals surface area contributed by atoms with Crippen molar-refractivity contribution in [3.63, 3.8) is 0 Å². The van der Waals surface area contributed by atoms with Crippen LogP contribution in [0.4, 0.5) is 0 Å². The molecule has 0 N–H and O–H groups in total. The van der Waals surface area contributed by atoms with E-state index in [0.29, 0.717) is 0 Å². The smallest absolute Gasteiger partial charge is 0 e. The van der Waals surface area contributed by atoms with E-state index in [-0.39, 0.29) is 32.7 Å². The minimum absolute atomic E-state index is 0. The first-order valence-electron chi connectivity index (χ1n) is 5.50. The molecule has 0 saturated carbocycles. The summed E-state index contributed by atoms with van der Waals surface area (Å²) in [4.78, 5) is 0. The maximum Gasteiger partial charge on any atom is 0 e. The third-order valence-corrected chi connectivity index (χ3v) is 2.94. The van der Waals surface area contributed by atoms with Crippen molar-refractivity contribution < 1.29 is 32.7 Å². The molecule has 0 heterocycles. The molecular formula is C14H17Y-. The largest absolute Gasteiger partial charge is 0.189 e. The van der Waals surface area contributed by atoms with Gasteiger partial charge in [0.1, 0.15) is 0 Å². The van der Waals surface area contributed by atoms with Crippen LogP contribution in [0.3, 0.4) is 0 Å². The molecule has 1 atom stereocenters. The molecule has 1 aromatic rings. The van der Waals surface area contributed by atoms with Gasteiger partial charge in [-0.25, -0.2) is 0 Å². The van der Waals surface area contributed by atoms with Crippen molar-refractivity contribution in [1.82, 2.24) is 0 Å². The van der Waals surface area contributed by atoms with E-state index in [1.54, 1.807) is 0 Å². The number of hydrogen-bond donors (Lipinski definition) is 0. The standard InChI is InChI=1S/C14H17.Y/c1-3-5-12-6-4-7-13-9-8-11(2)10-14(12)13;/h4,8-10,12H,3,5-6H2,1-2H3;/q-1;. The first-order chi connectivity index (χ1) is 6.81. The van der Waals surface area contributed by atoms with E-state index >= 15 is 0 Å². The molecule has 1 aromatic carbocycles. The summed E-state index contributed by atoms with van der Waals surface area (Å²) in [5.74, 6) is 0.733. The van der Waals surface area contributed by atoms with Gasteiger partial charge in [-0.05, 0) is 6.92 Å². The van der Waals surface area contributed by atoms with Gasteiger partial charge in [-0.1, -0.05) is 37.7 Å². The number of hydrogen-bond acceptors (Lipinski definition) is 0. The van der Waals surface area contributed by atoms with E-state index in [9.17, 15) is 0 Å². The van der Waals surface area contributed by atoms with Gasteiger partial charge in [-0.3, -0.25) is 0 Å². The maximum absolute atomic E-state index is 3.35. The SMILES string of the molecule is CCCC1CC=[C-]c2ccc(C)cc21.[Y]. The molecule has 1 heteroatoms. The summed E-state index contributed by atoms with van der Waals surface area (Å²) in [6, 6.07) is 6.70. The van der Waals surface area contributed by atoms with Crippen molar-refractivity contribution in [2.75, 3.05) is 0 Å². The van der Waals surface area contributed by atoms with Crippen LogP contribution < -0.4 is 0 Å². The Morgan fingerprint density at radius 3 is 2.93 bits per heavy atom. The average Bonchev–Trinajstić information content (AvgIpc) is 2.19. The molecule has 0 aromatic heterocycles. The Morgan fingerprint density at radius 1 is 1.40 bits per heavy atom. The fraction of sp³-hybridized carbons (Fsp3) is 0.429. The average molecular weight is 274 g/mol. The predicted molar refractivity (Wildman–Crippen MR) is 60.4 cm³/mol. The zero-order valence-electron chi connectivity index (χ0n) is 9.59. The molecule has 77 valence electrons. The van der Waals surface area contributed by atoms with E-state index < -0.39 is 0 Å². The van der Waals surface area contributed by atoms with Crippen LogP contribution in [-0.2, 0) is 32.7 Å². The van der Waals surface area contributed by atoms with E-state index in [4.69, 9.17) is 0 Å². The van der Waals surface area contributed by atoms with Crippen molar-refractivity contribution in [2.24, 2.45) is 0 Å². The minimum atomic E-state index is 0. The van der Waals surface area contributed by atoms with Crippen molar-refractivity contribution in [3.05, 3.63) is 47.0 Å². The second kappa shape index (κ2) is 5.96. The molecule has 1 radical (unpaired) electrons. The monoisotopic (exact) mass is 274 g/mol. The molecule has 1 aliphatic carbocycles. The second-order valence-electron chi connectivity index (χ2n) is 4.16. The summed E-state index contributed by atoms with van der Waals surface area (Å²) >= 11 is 0. The summed E-state index contributed by atoms with van der Waals surface area (Å²) in [6.07, 6.45) is 9.29. The van der Waals surface area contributed by atoms with Gasteiger partial charge in [0.05, 0.1) is 0 Å². The molecule has 0 spiro atoms. The van der Waals surface area contributed by atoms with Gasteiger partial charge in [0.25, 0.3) is 0 Å². The topological polar surface area (TPSA) is 0 Å². The Morgan fingerprint density at radius 2 is 2.20 bits per heavy atom. The van der Waals surface area contributed by atoms with E-state index in [1.165, 1.54) is 36.0 Å². The number of allylic oxidation sites excluding steroid dienone is 1. The molecule has 0 nitrogen and oxygen atoms in total. The van der Waals surface area contributed by atoms with Gasteiger partial charge in [0, 0.05) is 32.7 Å². The first kappa shape index (κ1) is 13.1. The van der Waals surface area contributed by atoms with Crippen molar-refractivity contribution in [2.45, 2.75) is 39.0 Å².